The van der Waals surface area contributed by atoms with Crippen LogP contribution in [0.1, 0.15) is 49.9 Å². The van der Waals surface area contributed by atoms with Gasteiger partial charge >= 0.3 is 0 Å². The van der Waals surface area contributed by atoms with Crippen LogP contribution in [0.25, 0.3) is 11.4 Å². The maximum Gasteiger partial charge on any atom is 0.163 e. The number of nitrogens with zero attached hydrogens (tertiary/aromatic N) is 4. The van der Waals surface area contributed by atoms with Gasteiger partial charge < -0.3 is 0 Å². The van der Waals surface area contributed by atoms with Crippen molar-refractivity contribution in [3.8, 4) is 11.4 Å². The summed E-state index contributed by atoms with van der Waals surface area (Å²) in [7, 11) is 0. The van der Waals surface area contributed by atoms with Crippen molar-refractivity contribution >= 4 is 34.4 Å². The second kappa shape index (κ2) is 9.65. The fraction of sp³-hybridized carbons (Fsp3) is 0.150. The molecule has 6 aromatic rings. The highest BCUT2D eigenvalue weighted by Crippen LogP contribution is 2.54. The number of rotatable bonds is 3. The van der Waals surface area contributed by atoms with Crippen molar-refractivity contribution in [3.05, 3.63) is 156 Å². The molecule has 1 aromatic heterocycles. The Morgan fingerprint density at radius 1 is 0.409 bits per heavy atom. The molecule has 0 aliphatic carbocycles. The average Bonchev–Trinajstić information content (AvgIpc) is 3.06. The molecule has 0 radical (unpaired) electrons. The van der Waals surface area contributed by atoms with Crippen molar-refractivity contribution in [2.24, 2.45) is 0 Å². The molecule has 2 aliphatic heterocycles. The fourth-order valence-corrected chi connectivity index (χ4v) is 7.20. The molecule has 4 heteroatoms. The maximum atomic E-state index is 5.30. The monoisotopic (exact) mass is 570 g/mol. The lowest BCUT2D eigenvalue weighted by molar-refractivity contribution is 0.630. The zero-order valence-corrected chi connectivity index (χ0v) is 25.5. The molecule has 3 heterocycles. The fourth-order valence-electron chi connectivity index (χ4n) is 7.20. The van der Waals surface area contributed by atoms with Gasteiger partial charge in [-0.15, -0.1) is 0 Å². The zero-order valence-electron chi connectivity index (χ0n) is 25.5. The predicted octanol–water partition coefficient (Wildman–Crippen LogP) is 10.4. The Hall–Kier alpha value is -5.22. The van der Waals surface area contributed by atoms with Crippen molar-refractivity contribution < 1.29 is 0 Å². The van der Waals surface area contributed by atoms with E-state index in [1.54, 1.807) is 0 Å². The van der Waals surface area contributed by atoms with Crippen molar-refractivity contribution in [2.75, 3.05) is 9.80 Å². The first-order chi connectivity index (χ1) is 21.4. The van der Waals surface area contributed by atoms with E-state index < -0.39 is 0 Å². The van der Waals surface area contributed by atoms with Crippen LogP contribution in [0.2, 0.25) is 0 Å². The number of fused-ring (bicyclic) bond motifs is 4. The number of para-hydroxylation sites is 4. The molecule has 0 bridgehead atoms. The lowest BCUT2D eigenvalue weighted by atomic mass is 9.73. The predicted molar refractivity (Wildman–Crippen MR) is 181 cm³/mol. The number of aromatic nitrogens is 2. The van der Waals surface area contributed by atoms with E-state index >= 15 is 0 Å². The van der Waals surface area contributed by atoms with E-state index in [0.29, 0.717) is 5.82 Å². The quantitative estimate of drug-likeness (QED) is 0.212. The van der Waals surface area contributed by atoms with E-state index in [2.05, 4.69) is 153 Å². The first-order valence-electron chi connectivity index (χ1n) is 15.3. The highest BCUT2D eigenvalue weighted by Gasteiger charge is 2.39. The van der Waals surface area contributed by atoms with Gasteiger partial charge in [0, 0.05) is 22.5 Å². The third-order valence-electron chi connectivity index (χ3n) is 9.46. The molecule has 214 valence electrons. The van der Waals surface area contributed by atoms with E-state index in [-0.39, 0.29) is 10.8 Å². The maximum absolute atomic E-state index is 5.30. The Morgan fingerprint density at radius 3 is 1.09 bits per heavy atom. The van der Waals surface area contributed by atoms with Gasteiger partial charge in [0.2, 0.25) is 0 Å². The summed E-state index contributed by atoms with van der Waals surface area (Å²) < 4.78 is 0. The molecule has 5 aromatic carbocycles. The molecule has 0 fully saturated rings. The van der Waals surface area contributed by atoms with Gasteiger partial charge in [-0.25, -0.2) is 9.97 Å². The molecule has 8 rings (SSSR count). The molecule has 0 unspecified atom stereocenters. The van der Waals surface area contributed by atoms with Gasteiger partial charge in [-0.2, -0.15) is 0 Å². The molecule has 0 saturated heterocycles. The van der Waals surface area contributed by atoms with E-state index in [1.807, 2.05) is 18.2 Å². The standard InChI is InChI=1S/C40H34N4/c1-39(2)28-18-8-12-22-32(28)43(33-23-13-9-19-29(33)39)36-26-37(42-38(41-36)27-16-6-5-7-17-27)44-34-24-14-10-20-30(34)40(3,4)31-21-11-15-25-35(31)44/h5-26H,1-4H3. The Labute approximate surface area is 259 Å². The number of hydrogen-bond acceptors (Lipinski definition) is 4. The van der Waals surface area contributed by atoms with Crippen LogP contribution in [-0.2, 0) is 10.8 Å². The Balaban J connectivity index is 1.43. The topological polar surface area (TPSA) is 32.3 Å². The molecule has 0 saturated carbocycles. The average molecular weight is 571 g/mol. The molecular weight excluding hydrogens is 536 g/mol. The summed E-state index contributed by atoms with van der Waals surface area (Å²) in [6.07, 6.45) is 0. The largest absolute Gasteiger partial charge is 0.294 e. The molecule has 4 nitrogen and oxygen atoms in total. The van der Waals surface area contributed by atoms with Gasteiger partial charge in [-0.1, -0.05) is 131 Å². The van der Waals surface area contributed by atoms with Crippen molar-refractivity contribution in [1.29, 1.82) is 0 Å². The van der Waals surface area contributed by atoms with Crippen molar-refractivity contribution in [1.82, 2.24) is 9.97 Å². The molecule has 0 atom stereocenters. The van der Waals surface area contributed by atoms with Gasteiger partial charge in [-0.05, 0) is 46.5 Å². The minimum Gasteiger partial charge on any atom is -0.294 e. The van der Waals surface area contributed by atoms with Gasteiger partial charge in [0.25, 0.3) is 0 Å². The third kappa shape index (κ3) is 3.84. The lowest BCUT2D eigenvalue weighted by Crippen LogP contribution is -2.32. The van der Waals surface area contributed by atoms with Crippen LogP contribution in [0.5, 0.6) is 0 Å². The van der Waals surface area contributed by atoms with E-state index in [9.17, 15) is 0 Å². The van der Waals surface area contributed by atoms with E-state index in [1.165, 1.54) is 22.3 Å². The normalized spacial score (nSPS) is 15.5. The first-order valence-corrected chi connectivity index (χ1v) is 15.3. The molecule has 2 aliphatic rings. The van der Waals surface area contributed by atoms with Crippen LogP contribution in [0.3, 0.4) is 0 Å². The second-order valence-electron chi connectivity index (χ2n) is 12.8. The summed E-state index contributed by atoms with van der Waals surface area (Å²) in [5, 5.41) is 0. The van der Waals surface area contributed by atoms with Crippen molar-refractivity contribution in [2.45, 2.75) is 38.5 Å². The summed E-state index contributed by atoms with van der Waals surface area (Å²) in [5.41, 5.74) is 10.3. The molecular formula is C40H34N4. The summed E-state index contributed by atoms with van der Waals surface area (Å²) in [6.45, 7) is 9.25. The van der Waals surface area contributed by atoms with Crippen LogP contribution in [-0.4, -0.2) is 9.97 Å². The number of benzene rings is 5. The van der Waals surface area contributed by atoms with Gasteiger partial charge in [0.1, 0.15) is 11.6 Å². The minimum absolute atomic E-state index is 0.155. The van der Waals surface area contributed by atoms with Gasteiger partial charge in [0.05, 0.1) is 22.7 Å². The second-order valence-corrected chi connectivity index (χ2v) is 12.8. The first kappa shape index (κ1) is 26.4. The summed E-state index contributed by atoms with van der Waals surface area (Å²) in [6, 6.07) is 47.3. The van der Waals surface area contributed by atoms with Crippen LogP contribution in [0.4, 0.5) is 34.4 Å². The SMILES string of the molecule is CC1(C)c2ccccc2N(c2cc(N3c4ccccc4C(C)(C)c4ccccc43)nc(-c3ccccc3)n2)c2ccccc21. The molecule has 44 heavy (non-hydrogen) atoms. The van der Waals surface area contributed by atoms with E-state index in [0.717, 1.165) is 39.9 Å². The Kier molecular flexibility index (Phi) is 5.79. The van der Waals surface area contributed by atoms with Crippen LogP contribution in [0, 0.1) is 0 Å². The number of hydrogen-bond donors (Lipinski definition) is 0. The van der Waals surface area contributed by atoms with E-state index in [4.69, 9.17) is 9.97 Å². The molecule has 0 N–H and O–H groups in total. The van der Waals surface area contributed by atoms with Crippen LogP contribution < -0.4 is 9.80 Å². The summed E-state index contributed by atoms with van der Waals surface area (Å²) >= 11 is 0. The van der Waals surface area contributed by atoms with Gasteiger partial charge in [-0.3, -0.25) is 9.80 Å². The third-order valence-corrected chi connectivity index (χ3v) is 9.46. The smallest absolute Gasteiger partial charge is 0.163 e. The summed E-state index contributed by atoms with van der Waals surface area (Å²) in [5.74, 6) is 2.37. The zero-order chi connectivity index (χ0) is 30.1. The number of anilines is 6. The van der Waals surface area contributed by atoms with Crippen LogP contribution in [0.15, 0.2) is 133 Å². The van der Waals surface area contributed by atoms with Crippen LogP contribution >= 0.6 is 0 Å². The molecule has 0 spiro atoms. The Morgan fingerprint density at radius 2 is 0.727 bits per heavy atom. The Bertz CT molecular complexity index is 1820. The highest BCUT2D eigenvalue weighted by molar-refractivity contribution is 5.89. The highest BCUT2D eigenvalue weighted by atomic mass is 15.3. The summed E-state index contributed by atoms with van der Waals surface area (Å²) in [4.78, 5) is 15.2. The minimum atomic E-state index is -0.155. The lowest BCUT2D eigenvalue weighted by Gasteiger charge is -2.43. The van der Waals surface area contributed by atoms with Crippen molar-refractivity contribution in [3.63, 3.8) is 0 Å². The molecule has 0 amide bonds. The van der Waals surface area contributed by atoms with Gasteiger partial charge in [0.15, 0.2) is 5.82 Å².